The third-order valence-electron chi connectivity index (χ3n) is 5.05. The summed E-state index contributed by atoms with van der Waals surface area (Å²) in [5.41, 5.74) is 2.38. The van der Waals surface area contributed by atoms with Crippen LogP contribution in [0.4, 0.5) is 9.18 Å². The minimum atomic E-state index is -0.957. The quantitative estimate of drug-likeness (QED) is 0.470. The van der Waals surface area contributed by atoms with Crippen LogP contribution in [0.3, 0.4) is 0 Å². The van der Waals surface area contributed by atoms with Gasteiger partial charge in [-0.15, -0.1) is 0 Å². The van der Waals surface area contributed by atoms with Crippen LogP contribution in [-0.4, -0.2) is 39.0 Å². The van der Waals surface area contributed by atoms with E-state index in [1.807, 2.05) is 30.3 Å². The number of rotatable bonds is 5. The smallest absolute Gasteiger partial charge is 0.407 e. The molecule has 4 rings (SSSR count). The van der Waals surface area contributed by atoms with Gasteiger partial charge in [-0.05, 0) is 60.2 Å². The second-order valence-electron chi connectivity index (χ2n) is 6.77. The van der Waals surface area contributed by atoms with Gasteiger partial charge in [0.2, 0.25) is 0 Å². The molecule has 148 valence electrons. The van der Waals surface area contributed by atoms with Crippen molar-refractivity contribution in [1.82, 2.24) is 14.7 Å². The third-order valence-corrected chi connectivity index (χ3v) is 5.29. The molecule has 0 aliphatic carbocycles. The van der Waals surface area contributed by atoms with E-state index in [1.54, 1.807) is 23.7 Å². The van der Waals surface area contributed by atoms with Crippen LogP contribution >= 0.6 is 11.6 Å². The van der Waals surface area contributed by atoms with E-state index >= 15 is 0 Å². The van der Waals surface area contributed by atoms with E-state index in [0.29, 0.717) is 24.5 Å². The van der Waals surface area contributed by atoms with Crippen molar-refractivity contribution in [2.24, 2.45) is 0 Å². The Morgan fingerprint density at radius 1 is 1.17 bits per heavy atom. The highest BCUT2D eigenvalue weighted by molar-refractivity contribution is 6.31. The molecule has 0 fully saturated rings. The molecule has 29 heavy (non-hydrogen) atoms. The minimum absolute atomic E-state index is 0.324. The monoisotopic (exact) mass is 411 g/mol. The van der Waals surface area contributed by atoms with Crippen molar-refractivity contribution in [1.29, 1.82) is 0 Å². The molecular formula is C22H19ClFN3O2. The van der Waals surface area contributed by atoms with Crippen LogP contribution in [0, 0.1) is 5.82 Å². The van der Waals surface area contributed by atoms with Gasteiger partial charge in [-0.2, -0.15) is 5.10 Å². The molecule has 1 heterocycles. The number of likely N-dealkylation sites (N-methyl/N-ethyl adjacent to an activating group) is 1. The van der Waals surface area contributed by atoms with E-state index in [2.05, 4.69) is 0 Å². The molecular weight excluding hydrogens is 393 g/mol. The lowest BCUT2D eigenvalue weighted by atomic mass is 10.0. The Morgan fingerprint density at radius 2 is 1.93 bits per heavy atom. The van der Waals surface area contributed by atoms with Crippen molar-refractivity contribution >= 4 is 39.4 Å². The zero-order chi connectivity index (χ0) is 20.5. The Bertz CT molecular complexity index is 1200. The van der Waals surface area contributed by atoms with Gasteiger partial charge in [0.25, 0.3) is 0 Å². The van der Waals surface area contributed by atoms with Crippen molar-refractivity contribution in [2.45, 2.75) is 13.3 Å². The Kier molecular flexibility index (Phi) is 5.11. The van der Waals surface area contributed by atoms with Gasteiger partial charge in [0.1, 0.15) is 5.82 Å². The lowest BCUT2D eigenvalue weighted by Crippen LogP contribution is -2.31. The first kappa shape index (κ1) is 19.2. The van der Waals surface area contributed by atoms with Crippen LogP contribution in [0.5, 0.6) is 0 Å². The number of aromatic nitrogens is 2. The Morgan fingerprint density at radius 3 is 2.62 bits per heavy atom. The van der Waals surface area contributed by atoms with E-state index in [-0.39, 0.29) is 5.82 Å². The molecule has 3 aromatic carbocycles. The van der Waals surface area contributed by atoms with Gasteiger partial charge in [-0.3, -0.25) is 0 Å². The van der Waals surface area contributed by atoms with Crippen molar-refractivity contribution in [2.75, 3.05) is 13.1 Å². The average molecular weight is 412 g/mol. The van der Waals surface area contributed by atoms with Crippen molar-refractivity contribution in [3.63, 3.8) is 0 Å². The summed E-state index contributed by atoms with van der Waals surface area (Å²) < 4.78 is 15.2. The molecule has 7 heteroatoms. The predicted molar refractivity (Wildman–Crippen MR) is 113 cm³/mol. The summed E-state index contributed by atoms with van der Waals surface area (Å²) in [5, 5.41) is 17.7. The molecule has 0 saturated heterocycles. The SMILES string of the molecule is CCN(CCc1c2c(ccc3cc(Cl)ccc32)nn1-c1ccc(F)cc1)C(=O)O. The number of hydrogen-bond acceptors (Lipinski definition) is 2. The Balaban J connectivity index is 1.92. The molecule has 0 aliphatic rings. The maximum atomic E-state index is 13.4. The molecule has 0 aliphatic heterocycles. The average Bonchev–Trinajstić information content (AvgIpc) is 3.07. The summed E-state index contributed by atoms with van der Waals surface area (Å²) in [4.78, 5) is 12.8. The van der Waals surface area contributed by atoms with E-state index in [1.165, 1.54) is 17.0 Å². The summed E-state index contributed by atoms with van der Waals surface area (Å²) in [6.45, 7) is 2.53. The lowest BCUT2D eigenvalue weighted by Gasteiger charge is -2.17. The zero-order valence-electron chi connectivity index (χ0n) is 15.8. The van der Waals surface area contributed by atoms with Crippen LogP contribution in [-0.2, 0) is 6.42 Å². The summed E-state index contributed by atoms with van der Waals surface area (Å²) in [5.74, 6) is -0.324. The molecule has 0 atom stereocenters. The number of hydrogen-bond donors (Lipinski definition) is 1. The van der Waals surface area contributed by atoms with Crippen molar-refractivity contribution < 1.29 is 14.3 Å². The molecule has 0 spiro atoms. The highest BCUT2D eigenvalue weighted by Crippen LogP contribution is 2.31. The van der Waals surface area contributed by atoms with E-state index < -0.39 is 6.09 Å². The Labute approximate surface area is 171 Å². The Hall–Kier alpha value is -3.12. The highest BCUT2D eigenvalue weighted by Gasteiger charge is 2.18. The van der Waals surface area contributed by atoms with Crippen molar-refractivity contribution in [3.8, 4) is 5.69 Å². The van der Waals surface area contributed by atoms with Crippen LogP contribution in [0.1, 0.15) is 12.6 Å². The number of halogens is 2. The lowest BCUT2D eigenvalue weighted by molar-refractivity contribution is 0.148. The maximum Gasteiger partial charge on any atom is 0.407 e. The summed E-state index contributed by atoms with van der Waals surface area (Å²) in [6.07, 6.45) is -0.489. The first-order valence-electron chi connectivity index (χ1n) is 9.31. The van der Waals surface area contributed by atoms with Gasteiger partial charge < -0.3 is 10.0 Å². The molecule has 1 N–H and O–H groups in total. The fourth-order valence-corrected chi connectivity index (χ4v) is 3.79. The molecule has 5 nitrogen and oxygen atoms in total. The number of carbonyl (C=O) groups is 1. The fraction of sp³-hybridized carbons (Fsp3) is 0.182. The van der Waals surface area contributed by atoms with Crippen LogP contribution in [0.15, 0.2) is 54.6 Å². The van der Waals surface area contributed by atoms with Gasteiger partial charge in [-0.1, -0.05) is 23.7 Å². The number of benzene rings is 3. The summed E-state index contributed by atoms with van der Waals surface area (Å²) in [7, 11) is 0. The zero-order valence-corrected chi connectivity index (χ0v) is 16.5. The van der Waals surface area contributed by atoms with Gasteiger partial charge in [-0.25, -0.2) is 13.9 Å². The van der Waals surface area contributed by atoms with E-state index in [0.717, 1.165) is 33.1 Å². The van der Waals surface area contributed by atoms with Crippen LogP contribution < -0.4 is 0 Å². The van der Waals surface area contributed by atoms with Gasteiger partial charge in [0.15, 0.2) is 0 Å². The third kappa shape index (κ3) is 3.63. The second kappa shape index (κ2) is 7.72. The summed E-state index contributed by atoms with van der Waals surface area (Å²) >= 11 is 6.15. The maximum absolute atomic E-state index is 13.4. The van der Waals surface area contributed by atoms with Gasteiger partial charge in [0, 0.05) is 29.9 Å². The first-order chi connectivity index (χ1) is 14.0. The van der Waals surface area contributed by atoms with Gasteiger partial charge in [0.05, 0.1) is 16.9 Å². The van der Waals surface area contributed by atoms with E-state index in [9.17, 15) is 14.3 Å². The molecule has 0 radical (unpaired) electrons. The molecule has 0 unspecified atom stereocenters. The van der Waals surface area contributed by atoms with Crippen LogP contribution in [0.2, 0.25) is 5.02 Å². The van der Waals surface area contributed by atoms with Crippen molar-refractivity contribution in [3.05, 3.63) is 71.1 Å². The highest BCUT2D eigenvalue weighted by atomic mass is 35.5. The number of nitrogens with zero attached hydrogens (tertiary/aromatic N) is 3. The number of carboxylic acid groups (broad SMARTS) is 1. The first-order valence-corrected chi connectivity index (χ1v) is 9.69. The van der Waals surface area contributed by atoms with Crippen LogP contribution in [0.25, 0.3) is 27.4 Å². The number of fused-ring (bicyclic) bond motifs is 3. The second-order valence-corrected chi connectivity index (χ2v) is 7.21. The largest absolute Gasteiger partial charge is 0.465 e. The number of amides is 1. The molecule has 0 bridgehead atoms. The standard InChI is InChI=1S/C22H19ClFN3O2/c1-2-26(22(28)29)12-11-20-21-18-9-4-15(23)13-14(18)3-10-19(21)25-27(20)17-7-5-16(24)6-8-17/h3-10,13H,2,11-12H2,1H3,(H,28,29). The topological polar surface area (TPSA) is 58.4 Å². The van der Waals surface area contributed by atoms with Gasteiger partial charge >= 0.3 is 6.09 Å². The molecule has 0 saturated carbocycles. The summed E-state index contributed by atoms with van der Waals surface area (Å²) in [6, 6.07) is 15.7. The molecule has 1 amide bonds. The molecule has 1 aromatic heterocycles. The normalized spacial score (nSPS) is 11.3. The van der Waals surface area contributed by atoms with E-state index in [4.69, 9.17) is 16.7 Å². The predicted octanol–water partition coefficient (Wildman–Crippen LogP) is 5.51. The molecule has 4 aromatic rings. The minimum Gasteiger partial charge on any atom is -0.465 e. The fourth-order valence-electron chi connectivity index (χ4n) is 3.61.